The molecule has 3 aliphatic heterocycles. The first-order chi connectivity index (χ1) is 26.4. The summed E-state index contributed by atoms with van der Waals surface area (Å²) >= 11 is 8.53. The molecule has 1 saturated carbocycles. The molecule has 1 saturated heterocycles. The van der Waals surface area contributed by atoms with Gasteiger partial charge in [-0.1, -0.05) is 60.7 Å². The first-order valence-electron chi connectivity index (χ1n) is 19.7. The lowest BCUT2D eigenvalue weighted by Gasteiger charge is -2.43. The van der Waals surface area contributed by atoms with Crippen molar-refractivity contribution in [3.8, 4) is 5.75 Å². The van der Waals surface area contributed by atoms with Crippen LogP contribution in [0.4, 0.5) is 5.82 Å². The van der Waals surface area contributed by atoms with Crippen LogP contribution in [0.1, 0.15) is 88.3 Å². The summed E-state index contributed by atoms with van der Waals surface area (Å²) in [4.78, 5) is 38.2. The van der Waals surface area contributed by atoms with Gasteiger partial charge in [0.15, 0.2) is 17.4 Å². The van der Waals surface area contributed by atoms with Gasteiger partial charge in [0, 0.05) is 75.4 Å². The lowest BCUT2D eigenvalue weighted by Crippen LogP contribution is -2.49. The Morgan fingerprint density at radius 3 is 2.54 bits per heavy atom. The number of methoxy groups -OCH3 is 1. The number of piperazine rings is 1. The number of allylic oxidation sites excluding steroid dienone is 2. The van der Waals surface area contributed by atoms with E-state index in [4.69, 9.17) is 26.1 Å². The Morgan fingerprint density at radius 1 is 1.12 bits per heavy atom. The maximum atomic E-state index is 13.5. The van der Waals surface area contributed by atoms with Crippen molar-refractivity contribution in [2.75, 3.05) is 69.4 Å². The van der Waals surface area contributed by atoms with E-state index in [1.54, 1.807) is 18.2 Å². The number of hydrogen-bond donors (Lipinski definition) is 2. The molecule has 1 aromatic carbocycles. The number of halogens is 2. The highest BCUT2D eigenvalue weighted by atomic mass is 127. The number of rotatable bonds is 4. The number of fused-ring (bicyclic) bond motifs is 4. The number of sulfonamides is 1. The molecule has 0 radical (unpaired) electrons. The van der Waals surface area contributed by atoms with E-state index in [1.807, 2.05) is 24.0 Å². The molecule has 5 atom stereocenters. The van der Waals surface area contributed by atoms with Crippen LogP contribution in [0, 0.1) is 17.8 Å². The average molecular weight is 928 g/mol. The fourth-order valence-electron chi connectivity index (χ4n) is 8.66. The van der Waals surface area contributed by atoms with Crippen molar-refractivity contribution in [2.24, 2.45) is 17.8 Å². The van der Waals surface area contributed by atoms with Gasteiger partial charge in [0.25, 0.3) is 5.91 Å². The van der Waals surface area contributed by atoms with Crippen molar-refractivity contribution in [1.82, 2.24) is 19.9 Å². The number of pyridine rings is 1. The number of benzene rings is 1. The second-order valence-electron chi connectivity index (χ2n) is 15.8. The SMILES string of the molecule is C.CC(C)N1CCNCC1.CI.COCC[C@@H]1[C@@H](C)C/C=C/C(=O)[C@@H]2CC[C@H]2CN2C[C@@]3(CCCc4cc(Cl)ccc43)COc3ccc(nc32)C(=O)NS1(=O)=O. The van der Waals surface area contributed by atoms with Gasteiger partial charge in [0.1, 0.15) is 5.69 Å². The molecule has 14 heteroatoms. The maximum Gasteiger partial charge on any atom is 0.283 e. The number of anilines is 1. The summed E-state index contributed by atoms with van der Waals surface area (Å²) < 4.78 is 41.0. The standard InChI is InChI=1S/C33H40ClN3O6S.C7H16N2.CH3I.CH4/c1-21-5-3-7-28(38)25-10-8-23(25)18-37-19-33(15-4-6-22-17-24(34)9-11-26(22)33)20-43-29-13-12-27(35-31(29)37)32(39)36-44(40,41)30(21)14-16-42-2;1-7(2)9-5-3-8-4-6-9;1-2;/h3,7,9,11-13,17,21,23,25,30H,4-6,8,10,14-16,18-20H2,1-2H3,(H,36,39);7-8H,3-6H2,1-2H3;1H3;1H4/b7-3+;;;/t21-,23-,25+,30+,33-;;;/m0.../s1. The van der Waals surface area contributed by atoms with Gasteiger partial charge in [-0.25, -0.2) is 18.1 Å². The Kier molecular flexibility index (Phi) is 17.5. The van der Waals surface area contributed by atoms with E-state index >= 15 is 0 Å². The van der Waals surface area contributed by atoms with Gasteiger partial charge in [0.05, 0.1) is 11.9 Å². The minimum absolute atomic E-state index is 0. The molecule has 312 valence electrons. The highest BCUT2D eigenvalue weighted by molar-refractivity contribution is 14.1. The Morgan fingerprint density at radius 2 is 1.88 bits per heavy atom. The molecule has 1 aromatic heterocycles. The number of nitrogens with zero attached hydrogens (tertiary/aromatic N) is 3. The summed E-state index contributed by atoms with van der Waals surface area (Å²) in [6, 6.07) is 10.0. The van der Waals surface area contributed by atoms with E-state index in [0.717, 1.165) is 51.2 Å². The fourth-order valence-corrected chi connectivity index (χ4v) is 10.5. The zero-order chi connectivity index (χ0) is 39.8. The molecule has 2 bridgehead atoms. The van der Waals surface area contributed by atoms with Crippen LogP contribution in [0.25, 0.3) is 0 Å². The number of carbonyl (C=O) groups excluding carboxylic acids is 2. The number of aryl methyl sites for hydroxylation is 1. The van der Waals surface area contributed by atoms with Gasteiger partial charge in [-0.05, 0) is 117 Å². The zero-order valence-corrected chi connectivity index (χ0v) is 36.7. The minimum atomic E-state index is -4.09. The van der Waals surface area contributed by atoms with Crippen LogP contribution in [0.5, 0.6) is 5.75 Å². The highest BCUT2D eigenvalue weighted by Gasteiger charge is 2.45. The van der Waals surface area contributed by atoms with Crippen molar-refractivity contribution in [2.45, 2.75) is 89.9 Å². The first-order valence-corrected chi connectivity index (χ1v) is 23.7. The van der Waals surface area contributed by atoms with Crippen molar-refractivity contribution in [3.63, 3.8) is 0 Å². The molecule has 4 heterocycles. The summed E-state index contributed by atoms with van der Waals surface area (Å²) in [7, 11) is -2.58. The van der Waals surface area contributed by atoms with E-state index in [9.17, 15) is 18.0 Å². The number of carbonyl (C=O) groups is 2. The van der Waals surface area contributed by atoms with Gasteiger partial charge in [-0.2, -0.15) is 0 Å². The quantitative estimate of drug-likeness (QED) is 0.248. The summed E-state index contributed by atoms with van der Waals surface area (Å²) in [5.41, 5.74) is 2.08. The second-order valence-corrected chi connectivity index (χ2v) is 18.1. The lowest BCUT2D eigenvalue weighted by molar-refractivity contribution is -0.122. The molecular formula is C42H63ClIN5O6S. The third-order valence-electron chi connectivity index (χ3n) is 11.9. The van der Waals surface area contributed by atoms with Crippen molar-refractivity contribution in [1.29, 1.82) is 0 Å². The van der Waals surface area contributed by atoms with Crippen LogP contribution < -0.4 is 19.7 Å². The maximum absolute atomic E-state index is 13.5. The van der Waals surface area contributed by atoms with Crippen molar-refractivity contribution in [3.05, 3.63) is 64.3 Å². The van der Waals surface area contributed by atoms with Gasteiger partial charge in [-0.15, -0.1) is 0 Å². The van der Waals surface area contributed by atoms with Gasteiger partial charge < -0.3 is 19.7 Å². The Balaban J connectivity index is 0.000000507. The fraction of sp³-hybridized carbons (Fsp3) is 0.643. The molecule has 7 rings (SSSR count). The monoisotopic (exact) mass is 927 g/mol. The van der Waals surface area contributed by atoms with Crippen LogP contribution in [0.2, 0.25) is 5.02 Å². The number of ether oxygens (including phenoxy) is 2. The van der Waals surface area contributed by atoms with E-state index < -0.39 is 21.2 Å². The predicted molar refractivity (Wildman–Crippen MR) is 235 cm³/mol. The zero-order valence-electron chi connectivity index (χ0n) is 33.0. The summed E-state index contributed by atoms with van der Waals surface area (Å²) in [5.74, 6) is -0.00478. The van der Waals surface area contributed by atoms with Crippen LogP contribution >= 0.6 is 34.2 Å². The normalized spacial score (nSPS) is 27.9. The third kappa shape index (κ3) is 11.0. The molecule has 0 unspecified atom stereocenters. The number of ketones is 1. The molecular weight excluding hydrogens is 865 g/mol. The number of hydrogen-bond acceptors (Lipinski definition) is 10. The molecule has 2 aromatic rings. The van der Waals surface area contributed by atoms with E-state index in [1.165, 1.54) is 37.4 Å². The van der Waals surface area contributed by atoms with Crippen LogP contribution in [0.15, 0.2) is 42.5 Å². The number of alkyl halides is 1. The Labute approximate surface area is 354 Å². The van der Waals surface area contributed by atoms with E-state index in [2.05, 4.69) is 62.3 Å². The minimum Gasteiger partial charge on any atom is -0.489 e. The number of aromatic nitrogens is 1. The molecule has 2 N–H and O–H groups in total. The summed E-state index contributed by atoms with van der Waals surface area (Å²) in [6.07, 6.45) is 8.57. The van der Waals surface area contributed by atoms with Crippen LogP contribution in [-0.2, 0) is 31.4 Å². The average Bonchev–Trinajstić information content (AvgIpc) is 3.31. The van der Waals surface area contributed by atoms with Crippen LogP contribution in [-0.4, -0.2) is 106 Å². The van der Waals surface area contributed by atoms with E-state index in [-0.39, 0.29) is 55.1 Å². The van der Waals surface area contributed by atoms with E-state index in [0.29, 0.717) is 42.7 Å². The molecule has 2 fully saturated rings. The van der Waals surface area contributed by atoms with Gasteiger partial charge >= 0.3 is 0 Å². The Bertz CT molecular complexity index is 1770. The largest absolute Gasteiger partial charge is 0.489 e. The van der Waals surface area contributed by atoms with Crippen LogP contribution in [0.3, 0.4) is 0 Å². The topological polar surface area (TPSA) is 130 Å². The first kappa shape index (κ1) is 46.4. The smallest absolute Gasteiger partial charge is 0.283 e. The molecule has 11 nitrogen and oxygen atoms in total. The predicted octanol–water partition coefficient (Wildman–Crippen LogP) is 6.85. The number of nitrogens with one attached hydrogen (secondary N) is 2. The van der Waals surface area contributed by atoms with Gasteiger partial charge in [-0.3, -0.25) is 14.5 Å². The number of amides is 1. The molecule has 56 heavy (non-hydrogen) atoms. The summed E-state index contributed by atoms with van der Waals surface area (Å²) in [5, 5.41) is 3.14. The molecule has 1 spiro atoms. The van der Waals surface area contributed by atoms with Gasteiger partial charge in [0.2, 0.25) is 10.0 Å². The molecule has 1 amide bonds. The lowest BCUT2D eigenvalue weighted by atomic mass is 9.69. The van der Waals surface area contributed by atoms with Crippen molar-refractivity contribution < 1.29 is 27.5 Å². The second kappa shape index (κ2) is 21.1. The molecule has 5 aliphatic rings. The van der Waals surface area contributed by atoms with Crippen molar-refractivity contribution >= 4 is 61.7 Å². The molecule has 2 aliphatic carbocycles. The highest BCUT2D eigenvalue weighted by Crippen LogP contribution is 2.45. The third-order valence-corrected chi connectivity index (χ3v) is 14.1. The Hall–Kier alpha value is -2.30. The summed E-state index contributed by atoms with van der Waals surface area (Å²) in [6.45, 7) is 12.9.